The maximum atomic E-state index is 12.7. The SMILES string of the molecule is CCCC(=O)NC1CCCN(C(=O)Cn2ccc3ccc(Cl)cc32)C1. The van der Waals surface area contributed by atoms with Crippen molar-refractivity contribution in [1.82, 2.24) is 14.8 Å². The Morgan fingerprint density at radius 3 is 2.96 bits per heavy atom. The number of hydrogen-bond donors (Lipinski definition) is 1. The highest BCUT2D eigenvalue weighted by atomic mass is 35.5. The number of carbonyl (C=O) groups excluding carboxylic acids is 2. The van der Waals surface area contributed by atoms with Crippen molar-refractivity contribution in [2.24, 2.45) is 0 Å². The first kappa shape index (κ1) is 17.8. The normalized spacial score (nSPS) is 17.7. The Morgan fingerprint density at radius 2 is 2.16 bits per heavy atom. The molecule has 1 aliphatic rings. The van der Waals surface area contributed by atoms with Crippen LogP contribution in [0.1, 0.15) is 32.6 Å². The van der Waals surface area contributed by atoms with Crippen molar-refractivity contribution in [1.29, 1.82) is 0 Å². The monoisotopic (exact) mass is 361 g/mol. The lowest BCUT2D eigenvalue weighted by Crippen LogP contribution is -2.50. The molecular formula is C19H24ClN3O2. The lowest BCUT2D eigenvalue weighted by molar-refractivity contribution is -0.134. The van der Waals surface area contributed by atoms with Crippen LogP contribution in [0.5, 0.6) is 0 Å². The molecule has 1 aliphatic heterocycles. The number of benzene rings is 1. The predicted octanol–water partition coefficient (Wildman–Crippen LogP) is 3.20. The van der Waals surface area contributed by atoms with Gasteiger partial charge in [0, 0.05) is 42.3 Å². The smallest absolute Gasteiger partial charge is 0.242 e. The van der Waals surface area contributed by atoms with E-state index in [9.17, 15) is 9.59 Å². The topological polar surface area (TPSA) is 54.3 Å². The second-order valence-electron chi connectivity index (χ2n) is 6.64. The molecule has 5 nitrogen and oxygen atoms in total. The summed E-state index contributed by atoms with van der Waals surface area (Å²) in [5.74, 6) is 0.153. The number of fused-ring (bicyclic) bond motifs is 1. The maximum Gasteiger partial charge on any atom is 0.242 e. The van der Waals surface area contributed by atoms with Crippen LogP contribution in [0.25, 0.3) is 10.9 Å². The number of hydrogen-bond acceptors (Lipinski definition) is 2. The highest BCUT2D eigenvalue weighted by Gasteiger charge is 2.24. The Balaban J connectivity index is 1.64. The third kappa shape index (κ3) is 4.34. The van der Waals surface area contributed by atoms with E-state index in [2.05, 4.69) is 5.32 Å². The molecule has 1 saturated heterocycles. The van der Waals surface area contributed by atoms with Gasteiger partial charge in [0.2, 0.25) is 11.8 Å². The van der Waals surface area contributed by atoms with Crippen molar-refractivity contribution in [3.8, 4) is 0 Å². The van der Waals surface area contributed by atoms with Crippen LogP contribution >= 0.6 is 11.6 Å². The van der Waals surface area contributed by atoms with E-state index in [1.165, 1.54) is 0 Å². The van der Waals surface area contributed by atoms with E-state index < -0.39 is 0 Å². The molecule has 6 heteroatoms. The van der Waals surface area contributed by atoms with Crippen molar-refractivity contribution in [3.05, 3.63) is 35.5 Å². The van der Waals surface area contributed by atoms with Gasteiger partial charge in [-0.1, -0.05) is 24.6 Å². The Labute approximate surface area is 152 Å². The molecule has 134 valence electrons. The van der Waals surface area contributed by atoms with Crippen LogP contribution in [0.15, 0.2) is 30.5 Å². The third-order valence-corrected chi connectivity index (χ3v) is 4.89. The summed E-state index contributed by atoms with van der Waals surface area (Å²) in [6.45, 7) is 3.62. The number of halogens is 1. The van der Waals surface area contributed by atoms with Gasteiger partial charge in [-0.2, -0.15) is 0 Å². The number of carbonyl (C=O) groups is 2. The minimum absolute atomic E-state index is 0.0626. The Kier molecular flexibility index (Phi) is 5.63. The Hall–Kier alpha value is -2.01. The number of rotatable bonds is 5. The molecule has 0 aliphatic carbocycles. The molecule has 0 saturated carbocycles. The highest BCUT2D eigenvalue weighted by molar-refractivity contribution is 6.31. The van der Waals surface area contributed by atoms with Crippen LogP contribution in [0, 0.1) is 0 Å². The molecule has 1 fully saturated rings. The maximum absolute atomic E-state index is 12.7. The third-order valence-electron chi connectivity index (χ3n) is 4.66. The molecule has 3 rings (SSSR count). The van der Waals surface area contributed by atoms with Gasteiger partial charge in [-0.3, -0.25) is 9.59 Å². The van der Waals surface area contributed by atoms with Crippen molar-refractivity contribution in [2.75, 3.05) is 13.1 Å². The molecule has 0 radical (unpaired) electrons. The van der Waals surface area contributed by atoms with Gasteiger partial charge in [-0.15, -0.1) is 0 Å². The summed E-state index contributed by atoms with van der Waals surface area (Å²) in [5.41, 5.74) is 0.964. The minimum atomic E-state index is 0.0626. The molecule has 25 heavy (non-hydrogen) atoms. The molecule has 2 heterocycles. The van der Waals surface area contributed by atoms with E-state index in [0.29, 0.717) is 24.5 Å². The fourth-order valence-corrected chi connectivity index (χ4v) is 3.56. The van der Waals surface area contributed by atoms with Crippen molar-refractivity contribution in [2.45, 2.75) is 45.2 Å². The van der Waals surface area contributed by atoms with Crippen molar-refractivity contribution < 1.29 is 9.59 Å². The number of piperidine rings is 1. The first-order chi connectivity index (χ1) is 12.1. The summed E-state index contributed by atoms with van der Waals surface area (Å²) in [5, 5.41) is 4.78. The van der Waals surface area contributed by atoms with E-state index in [1.807, 2.05) is 46.9 Å². The van der Waals surface area contributed by atoms with E-state index in [4.69, 9.17) is 11.6 Å². The molecular weight excluding hydrogens is 338 g/mol. The first-order valence-electron chi connectivity index (χ1n) is 8.88. The predicted molar refractivity (Wildman–Crippen MR) is 99.6 cm³/mol. The molecule has 0 bridgehead atoms. The van der Waals surface area contributed by atoms with Gasteiger partial charge >= 0.3 is 0 Å². The summed E-state index contributed by atoms with van der Waals surface area (Å²) in [6, 6.07) is 7.74. The number of nitrogens with one attached hydrogen (secondary N) is 1. The molecule has 2 aromatic rings. The fraction of sp³-hybridized carbons (Fsp3) is 0.474. The summed E-state index contributed by atoms with van der Waals surface area (Å²) >= 11 is 6.08. The molecule has 1 aromatic heterocycles. The van der Waals surface area contributed by atoms with Gasteiger partial charge in [0.1, 0.15) is 6.54 Å². The van der Waals surface area contributed by atoms with Gasteiger partial charge in [-0.25, -0.2) is 0 Å². The summed E-state index contributed by atoms with van der Waals surface area (Å²) in [4.78, 5) is 26.4. The van der Waals surface area contributed by atoms with Crippen LogP contribution in [0.3, 0.4) is 0 Å². The molecule has 1 unspecified atom stereocenters. The Morgan fingerprint density at radius 1 is 1.32 bits per heavy atom. The zero-order valence-corrected chi connectivity index (χ0v) is 15.3. The molecule has 2 amide bonds. The van der Waals surface area contributed by atoms with E-state index in [0.717, 1.165) is 36.7 Å². The summed E-state index contributed by atoms with van der Waals surface area (Å²) < 4.78 is 1.93. The van der Waals surface area contributed by atoms with Crippen LogP contribution in [-0.4, -0.2) is 40.4 Å². The number of likely N-dealkylation sites (tertiary alicyclic amines) is 1. The molecule has 1 N–H and O–H groups in total. The molecule has 1 atom stereocenters. The van der Waals surface area contributed by atoms with Crippen LogP contribution < -0.4 is 5.32 Å². The van der Waals surface area contributed by atoms with Crippen LogP contribution in [0.2, 0.25) is 5.02 Å². The quantitative estimate of drug-likeness (QED) is 0.889. The van der Waals surface area contributed by atoms with Crippen LogP contribution in [-0.2, 0) is 16.1 Å². The van der Waals surface area contributed by atoms with E-state index >= 15 is 0 Å². The van der Waals surface area contributed by atoms with Gasteiger partial charge in [-0.05, 0) is 42.8 Å². The van der Waals surface area contributed by atoms with Gasteiger partial charge in [0.05, 0.1) is 0 Å². The van der Waals surface area contributed by atoms with Crippen molar-refractivity contribution >= 4 is 34.3 Å². The molecule has 0 spiro atoms. The lowest BCUT2D eigenvalue weighted by atomic mass is 10.1. The van der Waals surface area contributed by atoms with E-state index in [1.54, 1.807) is 0 Å². The van der Waals surface area contributed by atoms with E-state index in [-0.39, 0.29) is 17.9 Å². The zero-order valence-electron chi connectivity index (χ0n) is 14.5. The largest absolute Gasteiger partial charge is 0.352 e. The Bertz CT molecular complexity index is 771. The average Bonchev–Trinajstić information content (AvgIpc) is 2.97. The highest BCUT2D eigenvalue weighted by Crippen LogP contribution is 2.21. The van der Waals surface area contributed by atoms with Crippen molar-refractivity contribution in [3.63, 3.8) is 0 Å². The number of amides is 2. The second kappa shape index (κ2) is 7.91. The van der Waals surface area contributed by atoms with Gasteiger partial charge in [0.25, 0.3) is 0 Å². The minimum Gasteiger partial charge on any atom is -0.352 e. The molecule has 1 aromatic carbocycles. The first-order valence-corrected chi connectivity index (χ1v) is 9.26. The summed E-state index contributed by atoms with van der Waals surface area (Å²) in [7, 11) is 0. The standard InChI is InChI=1S/C19H24ClN3O2/c1-2-4-18(24)21-16-5-3-9-23(12-16)19(25)13-22-10-8-14-6-7-15(20)11-17(14)22/h6-8,10-11,16H,2-5,9,12-13H2,1H3,(H,21,24). The second-order valence-corrected chi connectivity index (χ2v) is 7.08. The van der Waals surface area contributed by atoms with Gasteiger partial charge < -0.3 is 14.8 Å². The zero-order chi connectivity index (χ0) is 17.8. The fourth-order valence-electron chi connectivity index (χ4n) is 3.39. The number of nitrogens with zero attached hydrogens (tertiary/aromatic N) is 2. The lowest BCUT2D eigenvalue weighted by Gasteiger charge is -2.33. The van der Waals surface area contributed by atoms with Crippen LogP contribution in [0.4, 0.5) is 0 Å². The number of aromatic nitrogens is 1. The average molecular weight is 362 g/mol. The van der Waals surface area contributed by atoms with Gasteiger partial charge in [0.15, 0.2) is 0 Å². The summed E-state index contributed by atoms with van der Waals surface area (Å²) in [6.07, 6.45) is 5.15.